The molecule has 144 valence electrons. The van der Waals surface area contributed by atoms with E-state index in [-0.39, 0.29) is 17.8 Å². The fourth-order valence-corrected chi connectivity index (χ4v) is 4.22. The van der Waals surface area contributed by atoms with Crippen molar-refractivity contribution in [3.05, 3.63) is 29.6 Å². The molecule has 8 heteroatoms. The molecule has 1 atom stereocenters. The van der Waals surface area contributed by atoms with Gasteiger partial charge in [0, 0.05) is 18.6 Å². The van der Waals surface area contributed by atoms with Crippen LogP contribution in [0.4, 0.5) is 0 Å². The van der Waals surface area contributed by atoms with Gasteiger partial charge in [-0.1, -0.05) is 6.07 Å². The molecule has 1 unspecified atom stereocenters. The van der Waals surface area contributed by atoms with E-state index in [1.165, 1.54) is 12.8 Å². The molecule has 0 saturated carbocycles. The number of para-hydroxylation sites is 1. The number of fused-ring (bicyclic) bond motifs is 1. The number of hydrogen-bond acceptors (Lipinski definition) is 5. The second-order valence-corrected chi connectivity index (χ2v) is 7.44. The Bertz CT molecular complexity index is 842. The van der Waals surface area contributed by atoms with Gasteiger partial charge in [0.2, 0.25) is 0 Å². The standard InChI is InChI=1S/C19H26N6O2/c20-17(26)14-4-1-5-15-16(14)24-18(23-15)19(27)22-12-3-2-10-25(11-12)13-6-8-21-9-7-13/h1,4-5,12-13,21H,2-3,6-11H2,(H2,20,26)(H,22,27)(H,23,24). The van der Waals surface area contributed by atoms with Crippen molar-refractivity contribution < 1.29 is 9.59 Å². The number of rotatable bonds is 4. The maximum atomic E-state index is 12.7. The first-order chi connectivity index (χ1) is 13.1. The number of benzene rings is 1. The molecule has 2 aliphatic rings. The third-order valence-corrected chi connectivity index (χ3v) is 5.61. The maximum Gasteiger partial charge on any atom is 0.287 e. The van der Waals surface area contributed by atoms with Crippen LogP contribution in [0.15, 0.2) is 18.2 Å². The maximum absolute atomic E-state index is 12.7. The number of nitrogens with one attached hydrogen (secondary N) is 3. The summed E-state index contributed by atoms with van der Waals surface area (Å²) in [6.07, 6.45) is 4.39. The molecule has 8 nitrogen and oxygen atoms in total. The molecule has 27 heavy (non-hydrogen) atoms. The number of aromatic amines is 1. The van der Waals surface area contributed by atoms with Crippen LogP contribution in [0.25, 0.3) is 11.0 Å². The number of primary amides is 1. The number of carbonyl (C=O) groups is 2. The first-order valence-corrected chi connectivity index (χ1v) is 9.66. The number of likely N-dealkylation sites (tertiary alicyclic amines) is 1. The molecule has 1 aromatic carbocycles. The normalized spacial score (nSPS) is 22.0. The van der Waals surface area contributed by atoms with Crippen LogP contribution in [0.2, 0.25) is 0 Å². The highest BCUT2D eigenvalue weighted by atomic mass is 16.2. The van der Waals surface area contributed by atoms with Gasteiger partial charge in [-0.2, -0.15) is 0 Å². The van der Waals surface area contributed by atoms with Gasteiger partial charge < -0.3 is 21.4 Å². The number of aromatic nitrogens is 2. The van der Waals surface area contributed by atoms with Crippen LogP contribution in [-0.4, -0.2) is 64.9 Å². The Hall–Kier alpha value is -2.45. The molecule has 0 bridgehead atoms. The first-order valence-electron chi connectivity index (χ1n) is 9.66. The molecule has 2 fully saturated rings. The zero-order chi connectivity index (χ0) is 18.8. The van der Waals surface area contributed by atoms with Crippen LogP contribution in [-0.2, 0) is 0 Å². The fraction of sp³-hybridized carbons (Fsp3) is 0.526. The van der Waals surface area contributed by atoms with Gasteiger partial charge in [-0.15, -0.1) is 0 Å². The molecule has 0 aliphatic carbocycles. The van der Waals surface area contributed by atoms with E-state index >= 15 is 0 Å². The average molecular weight is 370 g/mol. The lowest BCUT2D eigenvalue weighted by molar-refractivity contribution is 0.0836. The van der Waals surface area contributed by atoms with Gasteiger partial charge in [-0.25, -0.2) is 4.98 Å². The van der Waals surface area contributed by atoms with Crippen molar-refractivity contribution in [2.75, 3.05) is 26.2 Å². The molecule has 0 spiro atoms. The average Bonchev–Trinajstić information content (AvgIpc) is 3.13. The van der Waals surface area contributed by atoms with Gasteiger partial charge in [0.05, 0.1) is 11.1 Å². The van der Waals surface area contributed by atoms with Crippen molar-refractivity contribution in [1.82, 2.24) is 25.5 Å². The van der Waals surface area contributed by atoms with Crippen molar-refractivity contribution in [2.45, 2.75) is 37.8 Å². The minimum absolute atomic E-state index is 0.116. The summed E-state index contributed by atoms with van der Waals surface area (Å²) < 4.78 is 0. The van der Waals surface area contributed by atoms with E-state index in [9.17, 15) is 9.59 Å². The number of imidazole rings is 1. The van der Waals surface area contributed by atoms with E-state index in [0.29, 0.717) is 22.6 Å². The molecular weight excluding hydrogens is 344 g/mol. The summed E-state index contributed by atoms with van der Waals surface area (Å²) in [4.78, 5) is 34.1. The monoisotopic (exact) mass is 370 g/mol. The lowest BCUT2D eigenvalue weighted by Crippen LogP contribution is -2.53. The van der Waals surface area contributed by atoms with Crippen LogP contribution in [0.1, 0.15) is 46.7 Å². The Morgan fingerprint density at radius 1 is 1.22 bits per heavy atom. The SMILES string of the molecule is NC(=O)c1cccc2[nH]c(C(=O)NC3CCCN(C4CCNCC4)C3)nc12. The summed E-state index contributed by atoms with van der Waals surface area (Å²) >= 11 is 0. The van der Waals surface area contributed by atoms with Gasteiger partial charge in [0.25, 0.3) is 11.8 Å². The molecule has 4 rings (SSSR count). The lowest BCUT2D eigenvalue weighted by Gasteiger charge is -2.40. The highest BCUT2D eigenvalue weighted by molar-refractivity contribution is 6.05. The summed E-state index contributed by atoms with van der Waals surface area (Å²) in [6, 6.07) is 5.84. The number of H-pyrrole nitrogens is 1. The van der Waals surface area contributed by atoms with Crippen molar-refractivity contribution in [1.29, 1.82) is 0 Å². The third-order valence-electron chi connectivity index (χ3n) is 5.61. The zero-order valence-electron chi connectivity index (χ0n) is 15.3. The molecule has 2 aromatic rings. The minimum atomic E-state index is -0.552. The number of carbonyl (C=O) groups excluding carboxylic acids is 2. The van der Waals surface area contributed by atoms with Crippen molar-refractivity contribution in [3.63, 3.8) is 0 Å². The minimum Gasteiger partial charge on any atom is -0.366 e. The van der Waals surface area contributed by atoms with E-state index in [2.05, 4.69) is 25.5 Å². The molecule has 1 aromatic heterocycles. The molecule has 5 N–H and O–H groups in total. The highest BCUT2D eigenvalue weighted by Gasteiger charge is 2.28. The Balaban J connectivity index is 1.44. The Labute approximate surface area is 157 Å². The third kappa shape index (κ3) is 3.81. The molecule has 2 saturated heterocycles. The Morgan fingerprint density at radius 2 is 2.04 bits per heavy atom. The van der Waals surface area contributed by atoms with E-state index in [1.54, 1.807) is 18.2 Å². The van der Waals surface area contributed by atoms with Crippen LogP contribution in [0, 0.1) is 0 Å². The molecule has 2 aliphatic heterocycles. The van der Waals surface area contributed by atoms with Gasteiger partial charge in [-0.05, 0) is 57.5 Å². The van der Waals surface area contributed by atoms with Crippen molar-refractivity contribution >= 4 is 22.8 Å². The summed E-state index contributed by atoms with van der Waals surface area (Å²) in [5.74, 6) is -0.569. The number of hydrogen-bond donors (Lipinski definition) is 4. The van der Waals surface area contributed by atoms with Crippen LogP contribution >= 0.6 is 0 Å². The van der Waals surface area contributed by atoms with Gasteiger partial charge >= 0.3 is 0 Å². The number of nitrogens with two attached hydrogens (primary N) is 1. The largest absolute Gasteiger partial charge is 0.366 e. The zero-order valence-corrected chi connectivity index (χ0v) is 15.3. The predicted octanol–water partition coefficient (Wildman–Crippen LogP) is 0.608. The number of piperidine rings is 2. The molecule has 3 heterocycles. The summed E-state index contributed by atoms with van der Waals surface area (Å²) in [6.45, 7) is 4.12. The Morgan fingerprint density at radius 3 is 2.81 bits per heavy atom. The van der Waals surface area contributed by atoms with Crippen molar-refractivity contribution in [2.24, 2.45) is 5.73 Å². The second-order valence-electron chi connectivity index (χ2n) is 7.44. The second kappa shape index (κ2) is 7.66. The van der Waals surface area contributed by atoms with E-state index in [4.69, 9.17) is 5.73 Å². The number of nitrogens with zero attached hydrogens (tertiary/aromatic N) is 2. The smallest absolute Gasteiger partial charge is 0.287 e. The summed E-state index contributed by atoms with van der Waals surface area (Å²) in [5, 5.41) is 6.51. The Kier molecular flexibility index (Phi) is 5.09. The quantitative estimate of drug-likeness (QED) is 0.629. The topological polar surface area (TPSA) is 116 Å². The summed E-state index contributed by atoms with van der Waals surface area (Å²) in [5.41, 5.74) is 6.79. The van der Waals surface area contributed by atoms with E-state index in [0.717, 1.165) is 39.0 Å². The van der Waals surface area contributed by atoms with Crippen molar-refractivity contribution in [3.8, 4) is 0 Å². The van der Waals surface area contributed by atoms with E-state index < -0.39 is 5.91 Å². The lowest BCUT2D eigenvalue weighted by atomic mass is 9.98. The fourth-order valence-electron chi connectivity index (χ4n) is 4.22. The van der Waals surface area contributed by atoms with Crippen LogP contribution < -0.4 is 16.4 Å². The first kappa shape index (κ1) is 17.9. The molecule has 2 amide bonds. The molecule has 0 radical (unpaired) electrons. The summed E-state index contributed by atoms with van der Waals surface area (Å²) in [7, 11) is 0. The van der Waals surface area contributed by atoms with Gasteiger partial charge in [-0.3, -0.25) is 14.5 Å². The van der Waals surface area contributed by atoms with Crippen LogP contribution in [0.3, 0.4) is 0 Å². The van der Waals surface area contributed by atoms with Gasteiger partial charge in [0.1, 0.15) is 5.52 Å². The van der Waals surface area contributed by atoms with E-state index in [1.807, 2.05) is 0 Å². The number of amides is 2. The predicted molar refractivity (Wildman–Crippen MR) is 103 cm³/mol. The highest BCUT2D eigenvalue weighted by Crippen LogP contribution is 2.20. The van der Waals surface area contributed by atoms with Crippen LogP contribution in [0.5, 0.6) is 0 Å². The molecular formula is C19H26N6O2. The van der Waals surface area contributed by atoms with Gasteiger partial charge in [0.15, 0.2) is 5.82 Å².